The second-order valence-electron chi connectivity index (χ2n) is 7.03. The zero-order valence-electron chi connectivity index (χ0n) is 15.6. The van der Waals surface area contributed by atoms with E-state index in [0.717, 1.165) is 57.9 Å². The number of fused-ring (bicyclic) bond motifs is 1. The molecule has 1 N–H and O–H groups in total. The van der Waals surface area contributed by atoms with E-state index in [9.17, 15) is 13.2 Å². The van der Waals surface area contributed by atoms with Gasteiger partial charge >= 0.3 is 0 Å². The molecule has 142 valence electrons. The summed E-state index contributed by atoms with van der Waals surface area (Å²) in [5, 5.41) is 0. The highest BCUT2D eigenvalue weighted by molar-refractivity contribution is 7.87. The fourth-order valence-electron chi connectivity index (χ4n) is 3.49. The van der Waals surface area contributed by atoms with Crippen LogP contribution >= 0.6 is 0 Å². The van der Waals surface area contributed by atoms with Crippen LogP contribution in [0.15, 0.2) is 17.8 Å². The molecule has 0 saturated heterocycles. The van der Waals surface area contributed by atoms with Gasteiger partial charge in [0.05, 0.1) is 0 Å². The molecule has 1 amide bonds. The van der Waals surface area contributed by atoms with Crippen LogP contribution in [0.5, 0.6) is 0 Å². The Balaban J connectivity index is 1.79. The van der Waals surface area contributed by atoms with Crippen molar-refractivity contribution in [1.82, 2.24) is 18.9 Å². The maximum atomic E-state index is 12.6. The van der Waals surface area contributed by atoms with E-state index in [2.05, 4.69) is 9.71 Å². The SMILES string of the molecule is Cc1ncc2c(c1CNS(=O)(=O)N(C)C)CCN(C(=O)C1=CCCC1)C2. The van der Waals surface area contributed by atoms with E-state index in [-0.39, 0.29) is 12.5 Å². The maximum Gasteiger partial charge on any atom is 0.279 e. The second kappa shape index (κ2) is 7.46. The molecular formula is C18H26N4O3S. The van der Waals surface area contributed by atoms with Crippen molar-refractivity contribution >= 4 is 16.1 Å². The lowest BCUT2D eigenvalue weighted by Crippen LogP contribution is -2.38. The molecule has 26 heavy (non-hydrogen) atoms. The van der Waals surface area contributed by atoms with E-state index in [1.165, 1.54) is 14.1 Å². The number of nitrogens with one attached hydrogen (secondary N) is 1. The predicted molar refractivity (Wildman–Crippen MR) is 99.5 cm³/mol. The highest BCUT2D eigenvalue weighted by atomic mass is 32.2. The Morgan fingerprint density at radius 2 is 2.12 bits per heavy atom. The first-order valence-corrected chi connectivity index (χ1v) is 10.3. The molecule has 1 aromatic rings. The van der Waals surface area contributed by atoms with Gasteiger partial charge in [0, 0.05) is 51.2 Å². The summed E-state index contributed by atoms with van der Waals surface area (Å²) in [6.45, 7) is 3.29. The van der Waals surface area contributed by atoms with Gasteiger partial charge in [0.2, 0.25) is 5.91 Å². The van der Waals surface area contributed by atoms with Crippen molar-refractivity contribution in [3.05, 3.63) is 40.2 Å². The third kappa shape index (κ3) is 3.82. The molecule has 7 nitrogen and oxygen atoms in total. The average molecular weight is 378 g/mol. The monoisotopic (exact) mass is 378 g/mol. The minimum absolute atomic E-state index is 0.128. The Labute approximate surface area is 155 Å². The molecule has 3 rings (SSSR count). The van der Waals surface area contributed by atoms with Gasteiger partial charge < -0.3 is 4.90 Å². The van der Waals surface area contributed by atoms with Gasteiger partial charge in [0.1, 0.15) is 0 Å². The molecule has 0 spiro atoms. The number of rotatable bonds is 5. The van der Waals surface area contributed by atoms with Crippen molar-refractivity contribution in [2.24, 2.45) is 0 Å². The van der Waals surface area contributed by atoms with Gasteiger partial charge in [0.25, 0.3) is 10.2 Å². The van der Waals surface area contributed by atoms with Crippen molar-refractivity contribution < 1.29 is 13.2 Å². The number of aryl methyl sites for hydroxylation is 1. The van der Waals surface area contributed by atoms with Gasteiger partial charge in [-0.2, -0.15) is 17.4 Å². The summed E-state index contributed by atoms with van der Waals surface area (Å²) in [7, 11) is -0.501. The van der Waals surface area contributed by atoms with E-state index >= 15 is 0 Å². The third-order valence-electron chi connectivity index (χ3n) is 5.11. The normalized spacial score (nSPS) is 17.4. The first kappa shape index (κ1) is 19.0. The number of hydrogen-bond acceptors (Lipinski definition) is 4. The molecule has 0 aromatic carbocycles. The molecule has 1 aliphatic carbocycles. The molecule has 0 atom stereocenters. The molecule has 0 radical (unpaired) electrons. The Hall–Kier alpha value is -1.77. The number of carbonyl (C=O) groups excluding carboxylic acids is 1. The Morgan fingerprint density at radius 1 is 1.35 bits per heavy atom. The Kier molecular flexibility index (Phi) is 5.45. The Bertz CT molecular complexity index is 846. The molecule has 1 aromatic heterocycles. The fourth-order valence-corrected chi connectivity index (χ4v) is 4.08. The lowest BCUT2D eigenvalue weighted by molar-refractivity contribution is -0.128. The predicted octanol–water partition coefficient (Wildman–Crippen LogP) is 1.28. The fraction of sp³-hybridized carbons (Fsp3) is 0.556. The van der Waals surface area contributed by atoms with Crippen LogP contribution < -0.4 is 4.72 Å². The lowest BCUT2D eigenvalue weighted by atomic mass is 9.94. The number of aromatic nitrogens is 1. The van der Waals surface area contributed by atoms with Crippen LogP contribution in [0.4, 0.5) is 0 Å². The highest BCUT2D eigenvalue weighted by Gasteiger charge is 2.27. The zero-order valence-corrected chi connectivity index (χ0v) is 16.4. The summed E-state index contributed by atoms with van der Waals surface area (Å²) < 4.78 is 27.8. The average Bonchev–Trinajstić information content (AvgIpc) is 3.14. The van der Waals surface area contributed by atoms with Crippen LogP contribution in [0, 0.1) is 6.92 Å². The summed E-state index contributed by atoms with van der Waals surface area (Å²) in [5.74, 6) is 0.128. The Morgan fingerprint density at radius 3 is 2.77 bits per heavy atom. The number of hydrogen-bond donors (Lipinski definition) is 1. The van der Waals surface area contributed by atoms with E-state index in [4.69, 9.17) is 0 Å². The number of allylic oxidation sites excluding steroid dienone is 1. The first-order chi connectivity index (χ1) is 12.3. The van der Waals surface area contributed by atoms with E-state index in [0.29, 0.717) is 13.1 Å². The summed E-state index contributed by atoms with van der Waals surface area (Å²) in [4.78, 5) is 18.9. The number of pyridine rings is 1. The van der Waals surface area contributed by atoms with E-state index < -0.39 is 10.2 Å². The highest BCUT2D eigenvalue weighted by Crippen LogP contribution is 2.27. The maximum absolute atomic E-state index is 12.6. The van der Waals surface area contributed by atoms with Crippen molar-refractivity contribution in [2.75, 3.05) is 20.6 Å². The van der Waals surface area contributed by atoms with Crippen molar-refractivity contribution in [3.63, 3.8) is 0 Å². The van der Waals surface area contributed by atoms with Gasteiger partial charge in [-0.25, -0.2) is 0 Å². The molecule has 2 aliphatic rings. The summed E-state index contributed by atoms with van der Waals surface area (Å²) in [5.41, 5.74) is 4.78. The van der Waals surface area contributed by atoms with Crippen LogP contribution in [0.3, 0.4) is 0 Å². The van der Waals surface area contributed by atoms with Crippen LogP contribution in [0.1, 0.15) is 41.6 Å². The molecule has 2 heterocycles. The quantitative estimate of drug-likeness (QED) is 0.837. The van der Waals surface area contributed by atoms with Crippen LogP contribution in [-0.4, -0.2) is 49.2 Å². The van der Waals surface area contributed by atoms with Gasteiger partial charge in [0.15, 0.2) is 0 Å². The van der Waals surface area contributed by atoms with Crippen LogP contribution in [0.2, 0.25) is 0 Å². The van der Waals surface area contributed by atoms with E-state index in [1.54, 1.807) is 0 Å². The van der Waals surface area contributed by atoms with E-state index in [1.807, 2.05) is 24.1 Å². The molecule has 8 heteroatoms. The molecule has 1 aliphatic heterocycles. The molecule has 0 fully saturated rings. The van der Waals surface area contributed by atoms with Crippen molar-refractivity contribution in [2.45, 2.75) is 45.7 Å². The summed E-state index contributed by atoms with van der Waals surface area (Å²) >= 11 is 0. The molecular weight excluding hydrogens is 352 g/mol. The van der Waals surface area contributed by atoms with Crippen LogP contribution in [-0.2, 0) is 34.5 Å². The minimum atomic E-state index is -3.49. The summed E-state index contributed by atoms with van der Waals surface area (Å²) in [6.07, 6.45) is 7.50. The standard InChI is InChI=1S/C18H26N4O3S/c1-13-17(11-20-26(24,25)21(2)3)16-8-9-22(12-15(16)10-19-13)18(23)14-6-4-5-7-14/h6,10,20H,4-5,7-9,11-12H2,1-3H3. The molecule has 0 unspecified atom stereocenters. The largest absolute Gasteiger partial charge is 0.334 e. The molecule has 0 saturated carbocycles. The topological polar surface area (TPSA) is 82.6 Å². The number of nitrogens with zero attached hydrogens (tertiary/aromatic N) is 3. The minimum Gasteiger partial charge on any atom is -0.334 e. The van der Waals surface area contributed by atoms with Gasteiger partial charge in [-0.05, 0) is 49.3 Å². The third-order valence-corrected chi connectivity index (χ3v) is 6.58. The smallest absolute Gasteiger partial charge is 0.279 e. The van der Waals surface area contributed by atoms with Gasteiger partial charge in [-0.1, -0.05) is 6.08 Å². The number of carbonyl (C=O) groups is 1. The first-order valence-electron chi connectivity index (χ1n) is 8.91. The zero-order chi connectivity index (χ0) is 18.9. The summed E-state index contributed by atoms with van der Waals surface area (Å²) in [6, 6.07) is 0. The van der Waals surface area contributed by atoms with Crippen molar-refractivity contribution in [3.8, 4) is 0 Å². The number of amides is 1. The second-order valence-corrected chi connectivity index (χ2v) is 9.00. The molecule has 0 bridgehead atoms. The lowest BCUT2D eigenvalue weighted by Gasteiger charge is -2.31. The van der Waals surface area contributed by atoms with Crippen molar-refractivity contribution in [1.29, 1.82) is 0 Å². The van der Waals surface area contributed by atoms with Gasteiger partial charge in [-0.15, -0.1) is 0 Å². The van der Waals surface area contributed by atoms with Crippen LogP contribution in [0.25, 0.3) is 0 Å². The van der Waals surface area contributed by atoms with Gasteiger partial charge in [-0.3, -0.25) is 9.78 Å².